The Hall–Kier alpha value is -1.35. The Balaban J connectivity index is 3.91. The molecule has 0 amide bonds. The van der Waals surface area contributed by atoms with Crippen LogP contribution < -0.4 is 11.1 Å². The Labute approximate surface area is 105 Å². The van der Waals surface area contributed by atoms with Gasteiger partial charge in [-0.1, -0.05) is 30.9 Å². The Morgan fingerprint density at radius 2 is 2.06 bits per heavy atom. The van der Waals surface area contributed by atoms with Crippen molar-refractivity contribution in [3.63, 3.8) is 0 Å². The van der Waals surface area contributed by atoms with Crippen LogP contribution in [0.3, 0.4) is 0 Å². The number of unbranched alkanes of at least 4 members (excludes halogenated alkanes) is 1. The second-order valence-electron chi connectivity index (χ2n) is 4.99. The van der Waals surface area contributed by atoms with Crippen molar-refractivity contribution in [2.24, 2.45) is 5.73 Å². The molecule has 0 aliphatic carbocycles. The van der Waals surface area contributed by atoms with E-state index in [2.05, 4.69) is 32.7 Å². The van der Waals surface area contributed by atoms with Crippen LogP contribution in [0.15, 0.2) is 36.5 Å². The molecule has 0 spiro atoms. The van der Waals surface area contributed by atoms with Gasteiger partial charge in [0.15, 0.2) is 0 Å². The molecule has 0 unspecified atom stereocenters. The van der Waals surface area contributed by atoms with E-state index in [1.165, 1.54) is 0 Å². The number of nitrogens with one attached hydrogen (secondary N) is 2. The zero-order valence-corrected chi connectivity index (χ0v) is 11.2. The maximum atomic E-state index is 7.35. The van der Waals surface area contributed by atoms with Gasteiger partial charge in [0.05, 0.1) is 0 Å². The molecule has 3 heteroatoms. The van der Waals surface area contributed by atoms with Crippen LogP contribution in [0.2, 0.25) is 0 Å². The monoisotopic (exact) mass is 235 g/mol. The molecule has 0 radical (unpaired) electrons. The van der Waals surface area contributed by atoms with Crippen LogP contribution in [0.1, 0.15) is 33.6 Å². The van der Waals surface area contributed by atoms with E-state index in [4.69, 9.17) is 11.1 Å². The van der Waals surface area contributed by atoms with Gasteiger partial charge in [0.2, 0.25) is 0 Å². The van der Waals surface area contributed by atoms with E-state index in [1.54, 1.807) is 12.2 Å². The fourth-order valence-electron chi connectivity index (χ4n) is 1.26. The Morgan fingerprint density at radius 1 is 1.41 bits per heavy atom. The molecule has 17 heavy (non-hydrogen) atoms. The lowest BCUT2D eigenvalue weighted by Crippen LogP contribution is -2.36. The van der Waals surface area contributed by atoms with Crippen molar-refractivity contribution >= 4 is 5.84 Å². The summed E-state index contributed by atoms with van der Waals surface area (Å²) >= 11 is 0. The maximum absolute atomic E-state index is 7.35. The summed E-state index contributed by atoms with van der Waals surface area (Å²) in [6.45, 7) is 11.1. The van der Waals surface area contributed by atoms with Gasteiger partial charge in [-0.3, -0.25) is 5.41 Å². The highest BCUT2D eigenvalue weighted by atomic mass is 14.9. The molecule has 0 saturated heterocycles. The molecule has 0 atom stereocenters. The van der Waals surface area contributed by atoms with Crippen molar-refractivity contribution < 1.29 is 0 Å². The van der Waals surface area contributed by atoms with E-state index in [9.17, 15) is 0 Å². The van der Waals surface area contributed by atoms with Crippen LogP contribution in [0.4, 0.5) is 0 Å². The van der Waals surface area contributed by atoms with Gasteiger partial charge in [-0.15, -0.1) is 0 Å². The highest BCUT2D eigenvalue weighted by Crippen LogP contribution is 2.02. The number of amidine groups is 1. The largest absolute Gasteiger partial charge is 0.384 e. The third kappa shape index (κ3) is 9.57. The molecule has 0 bridgehead atoms. The summed E-state index contributed by atoms with van der Waals surface area (Å²) in [5, 5.41) is 10.8. The molecule has 0 aromatic rings. The van der Waals surface area contributed by atoms with Gasteiger partial charge < -0.3 is 11.1 Å². The van der Waals surface area contributed by atoms with Gasteiger partial charge in [-0.05, 0) is 40.2 Å². The minimum atomic E-state index is 0.0777. The summed E-state index contributed by atoms with van der Waals surface area (Å²) in [5.74, 6) is 0.0777. The van der Waals surface area contributed by atoms with Crippen molar-refractivity contribution in [3.8, 4) is 0 Å². The van der Waals surface area contributed by atoms with Crippen LogP contribution in [-0.4, -0.2) is 17.9 Å². The number of rotatable bonds is 7. The third-order valence-corrected chi connectivity index (χ3v) is 2.11. The van der Waals surface area contributed by atoms with E-state index in [0.717, 1.165) is 19.4 Å². The first-order valence-corrected chi connectivity index (χ1v) is 5.95. The fourth-order valence-corrected chi connectivity index (χ4v) is 1.26. The average Bonchev–Trinajstić information content (AvgIpc) is 2.19. The van der Waals surface area contributed by atoms with E-state index >= 15 is 0 Å². The number of hydrogen-bond acceptors (Lipinski definition) is 2. The molecule has 0 fully saturated rings. The maximum Gasteiger partial charge on any atom is 0.122 e. The number of allylic oxidation sites excluding steroid dienone is 3. The van der Waals surface area contributed by atoms with Crippen LogP contribution in [0, 0.1) is 5.41 Å². The molecule has 0 saturated carbocycles. The lowest BCUT2D eigenvalue weighted by molar-refractivity contribution is 0.423. The minimum absolute atomic E-state index is 0.0777. The van der Waals surface area contributed by atoms with Gasteiger partial charge >= 0.3 is 0 Å². The fraction of sp³-hybridized carbons (Fsp3) is 0.500. The zero-order chi connectivity index (χ0) is 13.3. The van der Waals surface area contributed by atoms with Crippen LogP contribution in [0.5, 0.6) is 0 Å². The van der Waals surface area contributed by atoms with Crippen LogP contribution >= 0.6 is 0 Å². The second-order valence-corrected chi connectivity index (χ2v) is 4.99. The van der Waals surface area contributed by atoms with Crippen molar-refractivity contribution in [1.29, 1.82) is 5.41 Å². The summed E-state index contributed by atoms with van der Waals surface area (Å²) in [5.41, 5.74) is 6.31. The second kappa shape index (κ2) is 7.85. The van der Waals surface area contributed by atoms with Gasteiger partial charge in [0.25, 0.3) is 0 Å². The molecule has 0 aliphatic rings. The van der Waals surface area contributed by atoms with E-state index in [0.29, 0.717) is 5.57 Å². The average molecular weight is 235 g/mol. The van der Waals surface area contributed by atoms with E-state index < -0.39 is 0 Å². The number of hydrogen-bond donors (Lipinski definition) is 3. The molecule has 0 aliphatic heterocycles. The Bertz CT molecular complexity index is 306. The SMILES string of the molecule is C=C/C=C(\C=C/CCCNC(C)(C)C)C(=N)N. The van der Waals surface area contributed by atoms with Crippen LogP contribution in [-0.2, 0) is 0 Å². The quantitative estimate of drug-likeness (QED) is 0.275. The molecule has 0 heterocycles. The predicted octanol–water partition coefficient (Wildman–Crippen LogP) is 2.76. The number of nitrogens with two attached hydrogens (primary N) is 1. The smallest absolute Gasteiger partial charge is 0.122 e. The Kier molecular flexibility index (Phi) is 7.22. The molecular weight excluding hydrogens is 210 g/mol. The molecular formula is C14H25N3. The molecule has 0 aromatic carbocycles. The van der Waals surface area contributed by atoms with Gasteiger partial charge in [0.1, 0.15) is 5.84 Å². The Morgan fingerprint density at radius 3 is 2.53 bits per heavy atom. The summed E-state index contributed by atoms with van der Waals surface area (Å²) in [7, 11) is 0. The van der Waals surface area contributed by atoms with Gasteiger partial charge in [-0.25, -0.2) is 0 Å². The summed E-state index contributed by atoms with van der Waals surface area (Å²) in [6, 6.07) is 0. The normalized spacial score (nSPS) is 13.0. The highest BCUT2D eigenvalue weighted by molar-refractivity contribution is 5.97. The topological polar surface area (TPSA) is 61.9 Å². The summed E-state index contributed by atoms with van der Waals surface area (Å²) < 4.78 is 0. The lowest BCUT2D eigenvalue weighted by atomic mass is 10.1. The lowest BCUT2D eigenvalue weighted by Gasteiger charge is -2.20. The van der Waals surface area contributed by atoms with Crippen molar-refractivity contribution in [2.45, 2.75) is 39.2 Å². The summed E-state index contributed by atoms with van der Waals surface area (Å²) in [6.07, 6.45) is 9.36. The summed E-state index contributed by atoms with van der Waals surface area (Å²) in [4.78, 5) is 0. The van der Waals surface area contributed by atoms with E-state index in [1.807, 2.05) is 12.2 Å². The standard InChI is InChI=1S/C14H25N3/c1-5-9-12(13(15)16)10-7-6-8-11-17-14(2,3)4/h5,7,9-10,17H,1,6,8,11H2,2-4H3,(H3,15,16)/b10-7-,12-9+. The predicted molar refractivity (Wildman–Crippen MR) is 76.3 cm³/mol. The van der Waals surface area contributed by atoms with Crippen molar-refractivity contribution in [2.75, 3.05) is 6.54 Å². The third-order valence-electron chi connectivity index (χ3n) is 2.11. The van der Waals surface area contributed by atoms with Crippen molar-refractivity contribution in [3.05, 3.63) is 36.5 Å². The van der Waals surface area contributed by atoms with Crippen molar-refractivity contribution in [1.82, 2.24) is 5.32 Å². The first-order chi connectivity index (χ1) is 7.87. The molecule has 0 aromatic heterocycles. The van der Waals surface area contributed by atoms with Gasteiger partial charge in [0, 0.05) is 11.1 Å². The van der Waals surface area contributed by atoms with E-state index in [-0.39, 0.29) is 11.4 Å². The molecule has 3 nitrogen and oxygen atoms in total. The first kappa shape index (κ1) is 15.7. The molecule has 96 valence electrons. The van der Waals surface area contributed by atoms with Crippen LogP contribution in [0.25, 0.3) is 0 Å². The molecule has 0 rings (SSSR count). The zero-order valence-electron chi connectivity index (χ0n) is 11.2. The minimum Gasteiger partial charge on any atom is -0.384 e. The molecule has 4 N–H and O–H groups in total. The van der Waals surface area contributed by atoms with Gasteiger partial charge in [-0.2, -0.15) is 0 Å². The highest BCUT2D eigenvalue weighted by Gasteiger charge is 2.06. The first-order valence-electron chi connectivity index (χ1n) is 5.95.